The van der Waals surface area contributed by atoms with E-state index in [9.17, 15) is 18.0 Å². The molecule has 0 aromatic heterocycles. The maximum absolute atomic E-state index is 12.4. The van der Waals surface area contributed by atoms with Crippen LogP contribution in [0.15, 0.2) is 24.3 Å². The molecule has 0 radical (unpaired) electrons. The van der Waals surface area contributed by atoms with Crippen LogP contribution in [0.2, 0.25) is 0 Å². The molecule has 0 saturated heterocycles. The number of hydrogen-bond acceptors (Lipinski definition) is 2. The molecule has 1 aromatic rings. The van der Waals surface area contributed by atoms with Crippen molar-refractivity contribution in [3.05, 3.63) is 29.8 Å². The Balaban J connectivity index is 2.68. The molecule has 1 aromatic carbocycles. The van der Waals surface area contributed by atoms with Gasteiger partial charge in [0.1, 0.15) is 0 Å². The number of nitrogens with two attached hydrogens (primary N) is 1. The van der Waals surface area contributed by atoms with Crippen molar-refractivity contribution in [3.63, 3.8) is 0 Å². The van der Waals surface area contributed by atoms with Crippen LogP contribution in [-0.4, -0.2) is 11.1 Å². The fraction of sp³-hybridized carbons (Fsp3) is 0.111. The molecular weight excluding hydrogens is 269 g/mol. The second-order valence-corrected chi connectivity index (χ2v) is 3.59. The molecule has 2 amide bonds. The quantitative estimate of drug-likeness (QED) is 0.464. The molecule has 98 valence electrons. The van der Waals surface area contributed by atoms with Crippen LogP contribution >= 0.6 is 12.2 Å². The molecule has 18 heavy (non-hydrogen) atoms. The van der Waals surface area contributed by atoms with Crippen molar-refractivity contribution >= 4 is 29.0 Å². The number of alkyl halides is 3. The molecule has 0 aliphatic rings. The number of hydrazine groups is 1. The fourth-order valence-electron chi connectivity index (χ4n) is 1.05. The zero-order valence-electron chi connectivity index (χ0n) is 8.84. The summed E-state index contributed by atoms with van der Waals surface area (Å²) < 4.78 is 37.2. The SMILES string of the molecule is NC(=S)NNC(=O)Nc1cccc(C(F)(F)F)c1. The van der Waals surface area contributed by atoms with Gasteiger partial charge in [-0.25, -0.2) is 10.2 Å². The Morgan fingerprint density at radius 2 is 1.94 bits per heavy atom. The Morgan fingerprint density at radius 1 is 1.28 bits per heavy atom. The molecule has 5 nitrogen and oxygen atoms in total. The van der Waals surface area contributed by atoms with Crippen LogP contribution < -0.4 is 21.9 Å². The number of rotatable bonds is 1. The number of nitrogens with one attached hydrogen (secondary N) is 3. The molecule has 1 rings (SSSR count). The van der Waals surface area contributed by atoms with Gasteiger partial charge in [0, 0.05) is 5.69 Å². The Morgan fingerprint density at radius 3 is 2.50 bits per heavy atom. The number of hydrogen-bond donors (Lipinski definition) is 4. The topological polar surface area (TPSA) is 79.2 Å². The van der Waals surface area contributed by atoms with E-state index in [4.69, 9.17) is 5.73 Å². The number of halogens is 3. The van der Waals surface area contributed by atoms with Gasteiger partial charge in [-0.2, -0.15) is 13.2 Å². The Bertz CT molecular complexity index is 463. The van der Waals surface area contributed by atoms with Crippen molar-refractivity contribution in [3.8, 4) is 0 Å². The van der Waals surface area contributed by atoms with Gasteiger partial charge in [0.05, 0.1) is 5.56 Å². The molecule has 0 fully saturated rings. The lowest BCUT2D eigenvalue weighted by Gasteiger charge is -2.11. The molecule has 5 N–H and O–H groups in total. The first-order chi connectivity index (χ1) is 8.29. The molecule has 0 aliphatic carbocycles. The van der Waals surface area contributed by atoms with Gasteiger partial charge < -0.3 is 11.1 Å². The predicted octanol–water partition coefficient (Wildman–Crippen LogP) is 1.58. The van der Waals surface area contributed by atoms with Crippen LogP contribution in [-0.2, 0) is 6.18 Å². The summed E-state index contributed by atoms with van der Waals surface area (Å²) in [6, 6.07) is 3.41. The molecule has 0 unspecified atom stereocenters. The average Bonchev–Trinajstić information content (AvgIpc) is 2.25. The highest BCUT2D eigenvalue weighted by Gasteiger charge is 2.30. The maximum Gasteiger partial charge on any atom is 0.416 e. The third-order valence-electron chi connectivity index (χ3n) is 1.75. The highest BCUT2D eigenvalue weighted by Crippen LogP contribution is 2.30. The van der Waals surface area contributed by atoms with Crippen molar-refractivity contribution in [2.45, 2.75) is 6.18 Å². The van der Waals surface area contributed by atoms with Crippen LogP contribution in [0.5, 0.6) is 0 Å². The van der Waals surface area contributed by atoms with Crippen LogP contribution in [0, 0.1) is 0 Å². The Hall–Kier alpha value is -2.03. The number of urea groups is 1. The third kappa shape index (κ3) is 4.45. The minimum Gasteiger partial charge on any atom is -0.375 e. The summed E-state index contributed by atoms with van der Waals surface area (Å²) in [6.45, 7) is 0. The minimum atomic E-state index is -4.47. The third-order valence-corrected chi connectivity index (χ3v) is 1.85. The van der Waals surface area contributed by atoms with Gasteiger partial charge in [-0.15, -0.1) is 0 Å². The smallest absolute Gasteiger partial charge is 0.375 e. The Kier molecular flexibility index (Phi) is 4.32. The van der Waals surface area contributed by atoms with Gasteiger partial charge in [-0.1, -0.05) is 6.07 Å². The zero-order valence-corrected chi connectivity index (χ0v) is 9.65. The van der Waals surface area contributed by atoms with Crippen molar-refractivity contribution < 1.29 is 18.0 Å². The van der Waals surface area contributed by atoms with Gasteiger partial charge in [-0.3, -0.25) is 5.43 Å². The molecule has 0 aliphatic heterocycles. The summed E-state index contributed by atoms with van der Waals surface area (Å²) in [4.78, 5) is 11.2. The largest absolute Gasteiger partial charge is 0.416 e. The first-order valence-electron chi connectivity index (χ1n) is 4.59. The monoisotopic (exact) mass is 278 g/mol. The standard InChI is InChI=1S/C9H9F3N4OS/c10-9(11,12)5-2-1-3-6(4-5)14-8(17)16-15-7(13)18/h1-4H,(H3,13,15,18)(H2,14,16,17). The summed E-state index contributed by atoms with van der Waals surface area (Å²) in [5, 5.41) is 2.01. The van der Waals surface area contributed by atoms with Crippen molar-refractivity contribution in [2.24, 2.45) is 5.73 Å². The number of amides is 2. The fourth-order valence-corrected chi connectivity index (χ4v) is 1.11. The van der Waals surface area contributed by atoms with Crippen LogP contribution in [0.25, 0.3) is 0 Å². The number of carbonyl (C=O) groups is 1. The van der Waals surface area contributed by atoms with Gasteiger partial charge >= 0.3 is 12.2 Å². The molecule has 0 saturated carbocycles. The van der Waals surface area contributed by atoms with Gasteiger partial charge in [0.2, 0.25) is 0 Å². The van der Waals surface area contributed by atoms with E-state index in [-0.39, 0.29) is 10.8 Å². The van der Waals surface area contributed by atoms with Crippen molar-refractivity contribution in [2.75, 3.05) is 5.32 Å². The number of anilines is 1. The van der Waals surface area contributed by atoms with E-state index < -0.39 is 17.8 Å². The number of benzene rings is 1. The summed E-state index contributed by atoms with van der Waals surface area (Å²) in [6.07, 6.45) is -4.47. The molecule has 0 spiro atoms. The molecule has 0 atom stereocenters. The summed E-state index contributed by atoms with van der Waals surface area (Å²) >= 11 is 4.42. The first-order valence-corrected chi connectivity index (χ1v) is 4.99. The first kappa shape index (κ1) is 14.0. The number of carbonyl (C=O) groups excluding carboxylic acids is 1. The zero-order chi connectivity index (χ0) is 13.8. The van der Waals surface area contributed by atoms with Gasteiger partial charge in [0.15, 0.2) is 5.11 Å². The lowest BCUT2D eigenvalue weighted by Crippen LogP contribution is -2.46. The van der Waals surface area contributed by atoms with E-state index in [1.807, 2.05) is 5.43 Å². The highest BCUT2D eigenvalue weighted by molar-refractivity contribution is 7.80. The highest BCUT2D eigenvalue weighted by atomic mass is 32.1. The predicted molar refractivity (Wildman–Crippen MR) is 63.5 cm³/mol. The van der Waals surface area contributed by atoms with E-state index in [2.05, 4.69) is 23.0 Å². The van der Waals surface area contributed by atoms with E-state index >= 15 is 0 Å². The number of thiocarbonyl (C=S) groups is 1. The van der Waals surface area contributed by atoms with E-state index in [0.717, 1.165) is 12.1 Å². The lowest BCUT2D eigenvalue weighted by atomic mass is 10.2. The van der Waals surface area contributed by atoms with E-state index in [1.54, 1.807) is 0 Å². The molecule has 0 bridgehead atoms. The van der Waals surface area contributed by atoms with E-state index in [0.29, 0.717) is 0 Å². The normalized spacial score (nSPS) is 10.6. The molecule has 9 heteroatoms. The minimum absolute atomic E-state index is 0.00735. The summed E-state index contributed by atoms with van der Waals surface area (Å²) in [5.41, 5.74) is 8.35. The summed E-state index contributed by atoms with van der Waals surface area (Å²) in [5.74, 6) is 0. The van der Waals surface area contributed by atoms with Crippen LogP contribution in [0.4, 0.5) is 23.7 Å². The second-order valence-electron chi connectivity index (χ2n) is 3.15. The van der Waals surface area contributed by atoms with Crippen LogP contribution in [0.1, 0.15) is 5.56 Å². The van der Waals surface area contributed by atoms with Crippen LogP contribution in [0.3, 0.4) is 0 Å². The molecular formula is C9H9F3N4OS. The van der Waals surface area contributed by atoms with Gasteiger partial charge in [0.25, 0.3) is 0 Å². The van der Waals surface area contributed by atoms with Crippen molar-refractivity contribution in [1.29, 1.82) is 0 Å². The lowest BCUT2D eigenvalue weighted by molar-refractivity contribution is -0.137. The van der Waals surface area contributed by atoms with Gasteiger partial charge in [-0.05, 0) is 30.4 Å². The Labute approximate surface area is 106 Å². The maximum atomic E-state index is 12.4. The second kappa shape index (κ2) is 5.54. The van der Waals surface area contributed by atoms with Crippen molar-refractivity contribution in [1.82, 2.24) is 10.9 Å². The average molecular weight is 278 g/mol. The summed E-state index contributed by atoms with van der Waals surface area (Å²) in [7, 11) is 0. The van der Waals surface area contributed by atoms with E-state index in [1.165, 1.54) is 12.1 Å². The molecule has 0 heterocycles.